The second kappa shape index (κ2) is 8.09. The quantitative estimate of drug-likeness (QED) is 0.570. The van der Waals surface area contributed by atoms with E-state index in [4.69, 9.17) is 4.74 Å². The Morgan fingerprint density at radius 3 is 2.48 bits per heavy atom. The number of nitrogens with zero attached hydrogens (tertiary/aromatic N) is 1. The van der Waals surface area contributed by atoms with E-state index in [1.807, 2.05) is 0 Å². The average Bonchev–Trinajstić information content (AvgIpc) is 2.51. The molecule has 1 aromatic rings. The summed E-state index contributed by atoms with van der Waals surface area (Å²) in [6, 6.07) is 6.85. The maximum atomic E-state index is 12.2. The van der Waals surface area contributed by atoms with Crippen LogP contribution in [0.1, 0.15) is 17.3 Å². The lowest BCUT2D eigenvalue weighted by Gasteiger charge is -2.20. The molecule has 1 atom stereocenters. The minimum atomic E-state index is -0.362. The summed E-state index contributed by atoms with van der Waals surface area (Å²) in [6.45, 7) is 6.02. The average molecular weight is 291 g/mol. The maximum Gasteiger partial charge on any atom is 0.310 e. The minimum Gasteiger partial charge on any atom is -0.490 e. The molecular formula is C16H21NO4. The van der Waals surface area contributed by atoms with E-state index in [1.54, 1.807) is 44.3 Å². The molecule has 0 aliphatic heterocycles. The predicted molar refractivity (Wildman–Crippen MR) is 80.3 cm³/mol. The number of esters is 1. The molecule has 0 fully saturated rings. The number of hydrogen-bond donors (Lipinski definition) is 0. The van der Waals surface area contributed by atoms with Crippen molar-refractivity contribution in [2.24, 2.45) is 5.92 Å². The third-order valence-corrected chi connectivity index (χ3v) is 2.97. The first-order valence-electron chi connectivity index (χ1n) is 6.66. The number of benzene rings is 1. The highest BCUT2D eigenvalue weighted by atomic mass is 16.5. The first-order valence-corrected chi connectivity index (χ1v) is 6.66. The first-order chi connectivity index (χ1) is 9.99. The maximum absolute atomic E-state index is 12.2. The van der Waals surface area contributed by atoms with Crippen molar-refractivity contribution in [1.29, 1.82) is 0 Å². The molecule has 5 heteroatoms. The van der Waals surface area contributed by atoms with Crippen molar-refractivity contribution in [3.05, 3.63) is 42.5 Å². The predicted octanol–water partition coefficient (Wildman–Crippen LogP) is 2.13. The van der Waals surface area contributed by atoms with E-state index in [9.17, 15) is 9.59 Å². The van der Waals surface area contributed by atoms with Crippen LogP contribution in [0.4, 0.5) is 0 Å². The zero-order chi connectivity index (χ0) is 15.8. The fourth-order valence-corrected chi connectivity index (χ4v) is 1.84. The molecular weight excluding hydrogens is 270 g/mol. The molecule has 5 nitrogen and oxygen atoms in total. The van der Waals surface area contributed by atoms with Crippen LogP contribution in [0.15, 0.2) is 36.9 Å². The first kappa shape index (κ1) is 16.8. The van der Waals surface area contributed by atoms with Gasteiger partial charge in [-0.2, -0.15) is 0 Å². The number of carbonyl (C=O) groups is 2. The van der Waals surface area contributed by atoms with Crippen LogP contribution in [0.25, 0.3) is 0 Å². The highest BCUT2D eigenvalue weighted by Crippen LogP contribution is 2.14. The molecule has 1 rings (SSSR count). The van der Waals surface area contributed by atoms with Gasteiger partial charge in [-0.05, 0) is 24.3 Å². The van der Waals surface area contributed by atoms with E-state index in [2.05, 4.69) is 11.3 Å². The highest BCUT2D eigenvalue weighted by Gasteiger charge is 2.19. The third-order valence-electron chi connectivity index (χ3n) is 2.97. The monoisotopic (exact) mass is 291 g/mol. The normalized spacial score (nSPS) is 11.4. The van der Waals surface area contributed by atoms with E-state index in [0.29, 0.717) is 24.5 Å². The van der Waals surface area contributed by atoms with E-state index in [0.717, 1.165) is 0 Å². The Morgan fingerprint density at radius 1 is 1.33 bits per heavy atom. The standard InChI is InChI=1S/C16H21NO4/c1-5-10-21-14-8-6-13(7-9-14)15(18)17(3)11-12(2)16(19)20-4/h5-9,12H,1,10-11H2,2-4H3. The second-order valence-corrected chi connectivity index (χ2v) is 4.73. The Morgan fingerprint density at radius 2 is 1.95 bits per heavy atom. The van der Waals surface area contributed by atoms with Gasteiger partial charge in [0, 0.05) is 19.2 Å². The fraction of sp³-hybridized carbons (Fsp3) is 0.375. The number of amides is 1. The summed E-state index contributed by atoms with van der Waals surface area (Å²) >= 11 is 0. The van der Waals surface area contributed by atoms with Crippen LogP contribution in [0, 0.1) is 5.92 Å². The van der Waals surface area contributed by atoms with Gasteiger partial charge in [0.2, 0.25) is 0 Å². The number of ether oxygens (including phenoxy) is 2. The zero-order valence-electron chi connectivity index (χ0n) is 12.7. The van der Waals surface area contributed by atoms with Gasteiger partial charge in [-0.25, -0.2) is 0 Å². The summed E-state index contributed by atoms with van der Waals surface area (Å²) in [5.74, 6) is -0.167. The van der Waals surface area contributed by atoms with E-state index >= 15 is 0 Å². The molecule has 1 aromatic carbocycles. The summed E-state index contributed by atoms with van der Waals surface area (Å²) in [6.07, 6.45) is 1.65. The fourth-order valence-electron chi connectivity index (χ4n) is 1.84. The number of methoxy groups -OCH3 is 1. The van der Waals surface area contributed by atoms with E-state index in [1.165, 1.54) is 12.0 Å². The van der Waals surface area contributed by atoms with Crippen LogP contribution in [0.2, 0.25) is 0 Å². The van der Waals surface area contributed by atoms with Crippen molar-refractivity contribution in [1.82, 2.24) is 4.90 Å². The van der Waals surface area contributed by atoms with Crippen LogP contribution in [0.5, 0.6) is 5.75 Å². The Kier molecular flexibility index (Phi) is 6.46. The van der Waals surface area contributed by atoms with Crippen molar-refractivity contribution in [2.45, 2.75) is 6.92 Å². The summed E-state index contributed by atoms with van der Waals surface area (Å²) in [5, 5.41) is 0. The van der Waals surface area contributed by atoms with Crippen molar-refractivity contribution >= 4 is 11.9 Å². The Balaban J connectivity index is 2.65. The van der Waals surface area contributed by atoms with Crippen LogP contribution in [0.3, 0.4) is 0 Å². The summed E-state index contributed by atoms with van der Waals surface area (Å²) in [5.41, 5.74) is 0.542. The van der Waals surface area contributed by atoms with Gasteiger partial charge >= 0.3 is 5.97 Å². The van der Waals surface area contributed by atoms with Gasteiger partial charge in [0.25, 0.3) is 5.91 Å². The molecule has 0 aliphatic carbocycles. The van der Waals surface area contributed by atoms with Gasteiger partial charge < -0.3 is 14.4 Å². The molecule has 0 saturated heterocycles. The molecule has 0 aliphatic rings. The van der Waals surface area contributed by atoms with Gasteiger partial charge in [-0.15, -0.1) is 0 Å². The van der Waals surface area contributed by atoms with E-state index in [-0.39, 0.29) is 17.8 Å². The second-order valence-electron chi connectivity index (χ2n) is 4.73. The Labute approximate surface area is 125 Å². The number of hydrogen-bond acceptors (Lipinski definition) is 4. The van der Waals surface area contributed by atoms with Gasteiger partial charge in [-0.3, -0.25) is 9.59 Å². The molecule has 0 aromatic heterocycles. The lowest BCUT2D eigenvalue weighted by atomic mass is 10.1. The van der Waals surface area contributed by atoms with Crippen LogP contribution in [-0.2, 0) is 9.53 Å². The molecule has 0 N–H and O–H groups in total. The smallest absolute Gasteiger partial charge is 0.310 e. The van der Waals surface area contributed by atoms with Gasteiger partial charge in [0.1, 0.15) is 12.4 Å². The minimum absolute atomic E-state index is 0.152. The van der Waals surface area contributed by atoms with Crippen LogP contribution < -0.4 is 4.74 Å². The molecule has 21 heavy (non-hydrogen) atoms. The highest BCUT2D eigenvalue weighted by molar-refractivity contribution is 5.94. The van der Waals surface area contributed by atoms with Crippen molar-refractivity contribution in [2.75, 3.05) is 27.3 Å². The summed E-state index contributed by atoms with van der Waals surface area (Å²) < 4.78 is 10.0. The molecule has 1 amide bonds. The molecule has 1 unspecified atom stereocenters. The van der Waals surface area contributed by atoms with Crippen molar-refractivity contribution in [3.63, 3.8) is 0 Å². The summed E-state index contributed by atoms with van der Waals surface area (Å²) in [4.78, 5) is 25.1. The third kappa shape index (κ3) is 4.95. The largest absolute Gasteiger partial charge is 0.490 e. The van der Waals surface area contributed by atoms with Gasteiger partial charge in [0.05, 0.1) is 13.0 Å². The summed E-state index contributed by atoms with van der Waals surface area (Å²) in [7, 11) is 2.99. The van der Waals surface area contributed by atoms with Crippen LogP contribution >= 0.6 is 0 Å². The lowest BCUT2D eigenvalue weighted by molar-refractivity contribution is -0.145. The molecule has 0 bridgehead atoms. The lowest BCUT2D eigenvalue weighted by Crippen LogP contribution is -2.34. The molecule has 114 valence electrons. The zero-order valence-corrected chi connectivity index (χ0v) is 12.7. The molecule has 0 spiro atoms. The number of carbonyl (C=O) groups excluding carboxylic acids is 2. The van der Waals surface area contributed by atoms with Gasteiger partial charge in [-0.1, -0.05) is 19.6 Å². The van der Waals surface area contributed by atoms with E-state index < -0.39 is 0 Å². The Hall–Kier alpha value is -2.30. The molecule has 0 saturated carbocycles. The Bertz CT molecular complexity index is 496. The topological polar surface area (TPSA) is 55.8 Å². The number of rotatable bonds is 7. The molecule has 0 radical (unpaired) electrons. The van der Waals surface area contributed by atoms with Gasteiger partial charge in [0.15, 0.2) is 0 Å². The molecule has 0 heterocycles. The SMILES string of the molecule is C=CCOc1ccc(C(=O)N(C)CC(C)C(=O)OC)cc1. The van der Waals surface area contributed by atoms with Crippen molar-refractivity contribution in [3.8, 4) is 5.75 Å². The van der Waals surface area contributed by atoms with Crippen molar-refractivity contribution < 1.29 is 19.1 Å². The van der Waals surface area contributed by atoms with Crippen LogP contribution in [-0.4, -0.2) is 44.1 Å².